The topological polar surface area (TPSA) is 12.5 Å². The summed E-state index contributed by atoms with van der Waals surface area (Å²) in [5.74, 6) is 1.68. The fourth-order valence-electron chi connectivity index (χ4n) is 6.93. The number of rotatable bonds is 5. The molecule has 1 aliphatic rings. The highest BCUT2D eigenvalue weighted by Gasteiger charge is 2.27. The Balaban J connectivity index is 1.25. The smallest absolute Gasteiger partial charge is 0.137 e. The third kappa shape index (κ3) is 4.92. The molecule has 0 atom stereocenters. The lowest BCUT2D eigenvalue weighted by Crippen LogP contribution is -2.11. The van der Waals surface area contributed by atoms with Crippen molar-refractivity contribution in [2.45, 2.75) is 0 Å². The molecule has 48 heavy (non-hydrogen) atoms. The van der Waals surface area contributed by atoms with Crippen LogP contribution in [0.3, 0.4) is 0 Å². The molecule has 2 nitrogen and oxygen atoms in total. The Hall–Kier alpha value is -6.38. The first kappa shape index (κ1) is 27.9. The quantitative estimate of drug-likeness (QED) is 0.191. The maximum Gasteiger partial charge on any atom is 0.137 e. The van der Waals surface area contributed by atoms with Gasteiger partial charge in [-0.25, -0.2) is 0 Å². The Bertz CT molecular complexity index is 2410. The van der Waals surface area contributed by atoms with Crippen molar-refractivity contribution in [1.29, 1.82) is 0 Å². The molecule has 226 valence electrons. The highest BCUT2D eigenvalue weighted by Crippen LogP contribution is 2.53. The minimum absolute atomic E-state index is 0.829. The van der Waals surface area contributed by atoms with Crippen molar-refractivity contribution in [1.82, 2.24) is 0 Å². The maximum atomic E-state index is 6.93. The van der Waals surface area contributed by atoms with Crippen molar-refractivity contribution in [2.24, 2.45) is 0 Å². The molecule has 0 amide bonds. The van der Waals surface area contributed by atoms with Crippen LogP contribution in [0.25, 0.3) is 55.3 Å². The minimum atomic E-state index is 0.829. The molecule has 2 heteroatoms. The van der Waals surface area contributed by atoms with Crippen LogP contribution >= 0.6 is 0 Å². The summed E-state index contributed by atoms with van der Waals surface area (Å²) >= 11 is 0. The molecule has 0 saturated carbocycles. The Morgan fingerprint density at radius 2 is 0.938 bits per heavy atom. The Labute approximate surface area is 280 Å². The molecule has 1 heterocycles. The van der Waals surface area contributed by atoms with E-state index in [9.17, 15) is 0 Å². The first-order valence-electron chi connectivity index (χ1n) is 16.3. The zero-order chi connectivity index (χ0) is 31.9. The van der Waals surface area contributed by atoms with Crippen LogP contribution in [0.15, 0.2) is 188 Å². The summed E-state index contributed by atoms with van der Waals surface area (Å²) in [6.07, 6.45) is 0. The third-order valence-electron chi connectivity index (χ3n) is 9.26. The van der Waals surface area contributed by atoms with E-state index in [0.717, 1.165) is 61.9 Å². The molecule has 0 spiro atoms. The SMILES string of the molecule is c1ccc(-c2ccc(N(c3ccc4ccccc4c3)c3cccc4c3-c3ccccc3-c3ccc(-c5ccccc5)cc3O4)cc2)cc1. The summed E-state index contributed by atoms with van der Waals surface area (Å²) in [6.45, 7) is 0. The largest absolute Gasteiger partial charge is 0.456 e. The molecule has 0 aromatic heterocycles. The van der Waals surface area contributed by atoms with E-state index in [1.54, 1.807) is 0 Å². The molecule has 0 bridgehead atoms. The van der Waals surface area contributed by atoms with Crippen molar-refractivity contribution in [3.8, 4) is 56.0 Å². The molecule has 8 aromatic rings. The van der Waals surface area contributed by atoms with Gasteiger partial charge >= 0.3 is 0 Å². The van der Waals surface area contributed by atoms with Crippen LogP contribution in [0.2, 0.25) is 0 Å². The van der Waals surface area contributed by atoms with Crippen molar-refractivity contribution >= 4 is 27.8 Å². The third-order valence-corrected chi connectivity index (χ3v) is 9.26. The van der Waals surface area contributed by atoms with Crippen LogP contribution in [-0.4, -0.2) is 0 Å². The van der Waals surface area contributed by atoms with Crippen LogP contribution in [0, 0.1) is 0 Å². The Morgan fingerprint density at radius 1 is 0.333 bits per heavy atom. The lowest BCUT2D eigenvalue weighted by molar-refractivity contribution is 0.488. The summed E-state index contributed by atoms with van der Waals surface area (Å²) < 4.78 is 6.93. The molecule has 9 rings (SSSR count). The number of benzene rings is 8. The molecule has 0 unspecified atom stereocenters. The van der Waals surface area contributed by atoms with Crippen LogP contribution in [0.5, 0.6) is 11.5 Å². The van der Waals surface area contributed by atoms with E-state index in [-0.39, 0.29) is 0 Å². The first-order valence-corrected chi connectivity index (χ1v) is 16.3. The van der Waals surface area contributed by atoms with E-state index in [4.69, 9.17) is 4.74 Å². The fourth-order valence-corrected chi connectivity index (χ4v) is 6.93. The second-order valence-corrected chi connectivity index (χ2v) is 12.2. The predicted octanol–water partition coefficient (Wildman–Crippen LogP) is 13.1. The van der Waals surface area contributed by atoms with Crippen molar-refractivity contribution in [3.63, 3.8) is 0 Å². The van der Waals surface area contributed by atoms with Gasteiger partial charge in [-0.1, -0.05) is 140 Å². The standard InChI is InChI=1S/C46H31NO/c1-3-12-32(13-4-1)35-22-26-38(27-23-35)47(39-28-24-34-16-7-8-17-36(34)30-39)43-20-11-21-44-46(43)42-19-10-9-18-40(42)41-29-25-37(31-45(41)48-44)33-14-5-2-6-15-33/h1-31H. The van der Waals surface area contributed by atoms with Gasteiger partial charge < -0.3 is 9.64 Å². The van der Waals surface area contributed by atoms with Gasteiger partial charge in [0.1, 0.15) is 11.5 Å². The number of anilines is 3. The van der Waals surface area contributed by atoms with E-state index in [0.29, 0.717) is 0 Å². The number of hydrogen-bond donors (Lipinski definition) is 0. The molecule has 0 aliphatic carbocycles. The van der Waals surface area contributed by atoms with E-state index < -0.39 is 0 Å². The summed E-state index contributed by atoms with van der Waals surface area (Å²) in [5, 5.41) is 2.41. The second-order valence-electron chi connectivity index (χ2n) is 12.2. The maximum absolute atomic E-state index is 6.93. The van der Waals surface area contributed by atoms with Gasteiger partial charge in [-0.2, -0.15) is 0 Å². The monoisotopic (exact) mass is 613 g/mol. The number of nitrogens with zero attached hydrogens (tertiary/aromatic N) is 1. The van der Waals surface area contributed by atoms with Crippen LogP contribution in [0.1, 0.15) is 0 Å². The molecule has 0 saturated heterocycles. The van der Waals surface area contributed by atoms with Gasteiger partial charge in [0.2, 0.25) is 0 Å². The summed E-state index contributed by atoms with van der Waals surface area (Å²) in [4.78, 5) is 2.37. The van der Waals surface area contributed by atoms with Crippen LogP contribution in [-0.2, 0) is 0 Å². The van der Waals surface area contributed by atoms with Gasteiger partial charge in [0.05, 0.1) is 5.69 Å². The lowest BCUT2D eigenvalue weighted by Gasteiger charge is -2.29. The molecular formula is C46H31NO. The van der Waals surface area contributed by atoms with E-state index >= 15 is 0 Å². The van der Waals surface area contributed by atoms with Crippen LogP contribution < -0.4 is 9.64 Å². The number of ether oxygens (including phenoxy) is 1. The molecule has 0 radical (unpaired) electrons. The van der Waals surface area contributed by atoms with E-state index in [1.165, 1.54) is 21.9 Å². The summed E-state index contributed by atoms with van der Waals surface area (Å²) in [5.41, 5.74) is 12.3. The second kappa shape index (κ2) is 11.8. The Morgan fingerprint density at radius 3 is 1.71 bits per heavy atom. The number of fused-ring (bicyclic) bond motifs is 6. The zero-order valence-electron chi connectivity index (χ0n) is 26.3. The van der Waals surface area contributed by atoms with Crippen molar-refractivity contribution in [2.75, 3.05) is 4.90 Å². The van der Waals surface area contributed by atoms with Gasteiger partial charge in [-0.15, -0.1) is 0 Å². The first-order chi connectivity index (χ1) is 23.8. The molecule has 8 aromatic carbocycles. The zero-order valence-corrected chi connectivity index (χ0v) is 26.3. The lowest BCUT2D eigenvalue weighted by atomic mass is 9.92. The normalized spacial score (nSPS) is 11.5. The highest BCUT2D eigenvalue weighted by molar-refractivity contribution is 6.00. The average molecular weight is 614 g/mol. The van der Waals surface area contributed by atoms with Crippen LogP contribution in [0.4, 0.5) is 17.1 Å². The highest BCUT2D eigenvalue weighted by atomic mass is 16.5. The van der Waals surface area contributed by atoms with Gasteiger partial charge in [-0.05, 0) is 92.7 Å². The Kier molecular flexibility index (Phi) is 6.84. The molecular weight excluding hydrogens is 583 g/mol. The van der Waals surface area contributed by atoms with Gasteiger partial charge in [0.25, 0.3) is 0 Å². The van der Waals surface area contributed by atoms with Crippen molar-refractivity contribution < 1.29 is 4.74 Å². The molecule has 1 aliphatic heterocycles. The molecule has 0 N–H and O–H groups in total. The van der Waals surface area contributed by atoms with Gasteiger partial charge in [0, 0.05) is 22.5 Å². The van der Waals surface area contributed by atoms with E-state index in [2.05, 4.69) is 187 Å². The fraction of sp³-hybridized carbons (Fsp3) is 0. The molecule has 0 fully saturated rings. The summed E-state index contributed by atoms with van der Waals surface area (Å²) in [6, 6.07) is 66.8. The van der Waals surface area contributed by atoms with Gasteiger partial charge in [0.15, 0.2) is 0 Å². The van der Waals surface area contributed by atoms with Crippen molar-refractivity contribution in [3.05, 3.63) is 188 Å². The van der Waals surface area contributed by atoms with E-state index in [1.807, 2.05) is 6.07 Å². The summed E-state index contributed by atoms with van der Waals surface area (Å²) in [7, 11) is 0. The minimum Gasteiger partial charge on any atom is -0.456 e. The van der Waals surface area contributed by atoms with Gasteiger partial charge in [-0.3, -0.25) is 0 Å². The average Bonchev–Trinajstić information content (AvgIpc) is 3.30. The predicted molar refractivity (Wildman–Crippen MR) is 200 cm³/mol. The number of hydrogen-bond acceptors (Lipinski definition) is 2.